The summed E-state index contributed by atoms with van der Waals surface area (Å²) in [5.41, 5.74) is 4.30. The summed E-state index contributed by atoms with van der Waals surface area (Å²) in [5, 5.41) is 2.84. The molecule has 1 N–H and O–H groups in total. The number of ether oxygens (including phenoxy) is 3. The summed E-state index contributed by atoms with van der Waals surface area (Å²) in [6, 6.07) is 9.57. The van der Waals surface area contributed by atoms with Crippen LogP contribution in [0.15, 0.2) is 30.3 Å². The molecule has 0 fully saturated rings. The van der Waals surface area contributed by atoms with Gasteiger partial charge in [0.2, 0.25) is 0 Å². The first-order valence-electron chi connectivity index (χ1n) is 8.13. The van der Waals surface area contributed by atoms with E-state index >= 15 is 0 Å². The summed E-state index contributed by atoms with van der Waals surface area (Å²) in [5.74, 6) is 1.86. The third-order valence-corrected chi connectivity index (χ3v) is 4.09. The highest BCUT2D eigenvalue weighted by molar-refractivity contribution is 5.77. The minimum absolute atomic E-state index is 0.0172. The van der Waals surface area contributed by atoms with Crippen molar-refractivity contribution in [2.24, 2.45) is 0 Å². The Labute approximate surface area is 148 Å². The molecule has 134 valence electrons. The predicted octanol–water partition coefficient (Wildman–Crippen LogP) is 3.32. The zero-order chi connectivity index (χ0) is 18.4. The van der Waals surface area contributed by atoms with Crippen LogP contribution >= 0.6 is 0 Å². The highest BCUT2D eigenvalue weighted by atomic mass is 16.5. The molecule has 5 nitrogen and oxygen atoms in total. The van der Waals surface area contributed by atoms with Crippen LogP contribution in [0.25, 0.3) is 0 Å². The number of methoxy groups -OCH3 is 2. The van der Waals surface area contributed by atoms with Gasteiger partial charge in [0.1, 0.15) is 5.75 Å². The third kappa shape index (κ3) is 4.89. The highest BCUT2D eigenvalue weighted by Gasteiger charge is 2.08. The molecule has 0 bridgehead atoms. The third-order valence-electron chi connectivity index (χ3n) is 4.09. The Morgan fingerprint density at radius 2 is 1.56 bits per heavy atom. The van der Waals surface area contributed by atoms with Crippen LogP contribution in [-0.2, 0) is 11.3 Å². The molecule has 2 aromatic rings. The molecule has 0 atom stereocenters. The lowest BCUT2D eigenvalue weighted by Gasteiger charge is -2.13. The van der Waals surface area contributed by atoms with Gasteiger partial charge in [-0.3, -0.25) is 4.79 Å². The van der Waals surface area contributed by atoms with E-state index in [1.54, 1.807) is 14.2 Å². The van der Waals surface area contributed by atoms with Gasteiger partial charge in [-0.1, -0.05) is 12.1 Å². The lowest BCUT2D eigenvalue weighted by atomic mass is 10.1. The maximum atomic E-state index is 12.0. The highest BCUT2D eigenvalue weighted by Crippen LogP contribution is 2.27. The van der Waals surface area contributed by atoms with Crippen LogP contribution in [0.3, 0.4) is 0 Å². The molecule has 0 aromatic heterocycles. The first kappa shape index (κ1) is 18.6. The number of benzene rings is 2. The first-order chi connectivity index (χ1) is 11.9. The number of aryl methyl sites for hydroxylation is 3. The Kier molecular flexibility index (Phi) is 6.28. The molecule has 0 saturated heterocycles. The lowest BCUT2D eigenvalue weighted by molar-refractivity contribution is -0.123. The summed E-state index contributed by atoms with van der Waals surface area (Å²) in [6.45, 7) is 6.44. The summed E-state index contributed by atoms with van der Waals surface area (Å²) >= 11 is 0. The van der Waals surface area contributed by atoms with Gasteiger partial charge in [0.25, 0.3) is 5.91 Å². The largest absolute Gasteiger partial charge is 0.493 e. The average molecular weight is 343 g/mol. The van der Waals surface area contributed by atoms with E-state index in [1.807, 2.05) is 38.1 Å². The van der Waals surface area contributed by atoms with Crippen molar-refractivity contribution in [3.05, 3.63) is 52.6 Å². The summed E-state index contributed by atoms with van der Waals surface area (Å²) in [6.07, 6.45) is 0. The zero-order valence-corrected chi connectivity index (χ0v) is 15.4. The molecule has 0 aliphatic carbocycles. The van der Waals surface area contributed by atoms with Crippen LogP contribution in [0, 0.1) is 20.8 Å². The van der Waals surface area contributed by atoms with Crippen molar-refractivity contribution in [3.63, 3.8) is 0 Å². The van der Waals surface area contributed by atoms with Gasteiger partial charge in [0.15, 0.2) is 18.1 Å². The molecule has 25 heavy (non-hydrogen) atoms. The Hall–Kier alpha value is -2.69. The molecule has 5 heteroatoms. The van der Waals surface area contributed by atoms with Gasteiger partial charge >= 0.3 is 0 Å². The Balaban J connectivity index is 1.90. The monoisotopic (exact) mass is 343 g/mol. The second-order valence-corrected chi connectivity index (χ2v) is 5.96. The Morgan fingerprint density at radius 3 is 2.24 bits per heavy atom. The molecule has 0 aliphatic heterocycles. The fourth-order valence-corrected chi connectivity index (χ4v) is 2.48. The van der Waals surface area contributed by atoms with E-state index < -0.39 is 0 Å². The maximum absolute atomic E-state index is 12.0. The topological polar surface area (TPSA) is 56.8 Å². The van der Waals surface area contributed by atoms with Crippen molar-refractivity contribution in [2.45, 2.75) is 27.3 Å². The second-order valence-electron chi connectivity index (χ2n) is 5.96. The number of rotatable bonds is 7. The summed E-state index contributed by atoms with van der Waals surface area (Å²) in [4.78, 5) is 12.0. The van der Waals surface area contributed by atoms with E-state index in [0.29, 0.717) is 18.0 Å². The van der Waals surface area contributed by atoms with Crippen LogP contribution in [0.2, 0.25) is 0 Å². The quantitative estimate of drug-likeness (QED) is 0.838. The van der Waals surface area contributed by atoms with E-state index in [-0.39, 0.29) is 12.5 Å². The van der Waals surface area contributed by atoms with Crippen molar-refractivity contribution < 1.29 is 19.0 Å². The fraction of sp³-hybridized carbons (Fsp3) is 0.350. The number of nitrogens with one attached hydrogen (secondary N) is 1. The molecular formula is C20H25NO4. The van der Waals surface area contributed by atoms with Crippen molar-refractivity contribution >= 4 is 5.91 Å². The molecule has 0 spiro atoms. The molecule has 1 amide bonds. The van der Waals surface area contributed by atoms with E-state index in [2.05, 4.69) is 18.3 Å². The number of carbonyl (C=O) groups excluding carboxylic acids is 1. The van der Waals surface area contributed by atoms with Crippen LogP contribution in [0.1, 0.15) is 22.3 Å². The van der Waals surface area contributed by atoms with Crippen LogP contribution in [0.4, 0.5) is 0 Å². The summed E-state index contributed by atoms with van der Waals surface area (Å²) < 4.78 is 16.1. The van der Waals surface area contributed by atoms with E-state index in [0.717, 1.165) is 22.4 Å². The van der Waals surface area contributed by atoms with Gasteiger partial charge in [-0.15, -0.1) is 0 Å². The number of carbonyl (C=O) groups is 1. The maximum Gasteiger partial charge on any atom is 0.258 e. The molecule has 0 unspecified atom stereocenters. The standard InChI is InChI=1S/C20H25NO4/c1-13-8-15(3)18(9-14(13)2)25-12-20(22)21-11-16-6-7-17(23-4)19(10-16)24-5/h6-10H,11-12H2,1-5H3,(H,21,22). The van der Waals surface area contributed by atoms with Crippen molar-refractivity contribution in [3.8, 4) is 17.2 Å². The number of amides is 1. The number of hydrogen-bond acceptors (Lipinski definition) is 4. The van der Waals surface area contributed by atoms with Gasteiger partial charge < -0.3 is 19.5 Å². The SMILES string of the molecule is COc1ccc(CNC(=O)COc2cc(C)c(C)cc2C)cc1OC. The molecule has 0 heterocycles. The minimum atomic E-state index is -0.174. The average Bonchev–Trinajstić information content (AvgIpc) is 2.61. The Morgan fingerprint density at radius 1 is 0.880 bits per heavy atom. The van der Waals surface area contributed by atoms with Crippen LogP contribution in [0.5, 0.6) is 17.2 Å². The van der Waals surface area contributed by atoms with E-state index in [4.69, 9.17) is 14.2 Å². The van der Waals surface area contributed by atoms with E-state index in [9.17, 15) is 4.79 Å². The van der Waals surface area contributed by atoms with Gasteiger partial charge in [0, 0.05) is 6.54 Å². The van der Waals surface area contributed by atoms with Crippen molar-refractivity contribution in [1.29, 1.82) is 0 Å². The van der Waals surface area contributed by atoms with Gasteiger partial charge in [0.05, 0.1) is 14.2 Å². The normalized spacial score (nSPS) is 10.3. The van der Waals surface area contributed by atoms with Gasteiger partial charge in [-0.2, -0.15) is 0 Å². The second kappa shape index (κ2) is 8.42. The molecule has 0 aliphatic rings. The van der Waals surface area contributed by atoms with Gasteiger partial charge in [-0.25, -0.2) is 0 Å². The van der Waals surface area contributed by atoms with E-state index in [1.165, 1.54) is 5.56 Å². The van der Waals surface area contributed by atoms with Crippen molar-refractivity contribution in [1.82, 2.24) is 5.32 Å². The molecule has 2 rings (SSSR count). The lowest BCUT2D eigenvalue weighted by Crippen LogP contribution is -2.28. The molecule has 2 aromatic carbocycles. The van der Waals surface area contributed by atoms with Gasteiger partial charge in [-0.05, 0) is 61.2 Å². The molecule has 0 radical (unpaired) electrons. The zero-order valence-electron chi connectivity index (χ0n) is 15.4. The summed E-state index contributed by atoms with van der Waals surface area (Å²) in [7, 11) is 3.17. The smallest absolute Gasteiger partial charge is 0.258 e. The predicted molar refractivity (Wildman–Crippen MR) is 97.5 cm³/mol. The molecule has 0 saturated carbocycles. The Bertz CT molecular complexity index is 756. The van der Waals surface area contributed by atoms with Crippen molar-refractivity contribution in [2.75, 3.05) is 20.8 Å². The van der Waals surface area contributed by atoms with Crippen LogP contribution in [-0.4, -0.2) is 26.7 Å². The van der Waals surface area contributed by atoms with Crippen LogP contribution < -0.4 is 19.5 Å². The molecular weight excluding hydrogens is 318 g/mol. The number of hydrogen-bond donors (Lipinski definition) is 1. The first-order valence-corrected chi connectivity index (χ1v) is 8.13. The minimum Gasteiger partial charge on any atom is -0.493 e. The fourth-order valence-electron chi connectivity index (χ4n) is 2.48.